The molecule has 1 aromatic rings. The first kappa shape index (κ1) is 12.4. The van der Waals surface area contributed by atoms with E-state index in [0.29, 0.717) is 6.04 Å². The SMILES string of the molecule is CCc1nsc(N(CCCO)C(C)C)n1. The van der Waals surface area contributed by atoms with E-state index < -0.39 is 0 Å². The summed E-state index contributed by atoms with van der Waals surface area (Å²) >= 11 is 1.44. The fraction of sp³-hybridized carbons (Fsp3) is 0.800. The molecule has 0 aromatic carbocycles. The molecule has 0 bridgehead atoms. The Hall–Kier alpha value is -0.680. The lowest BCUT2D eigenvalue weighted by molar-refractivity contribution is 0.288. The molecule has 4 nitrogen and oxygen atoms in total. The highest BCUT2D eigenvalue weighted by molar-refractivity contribution is 7.09. The predicted octanol–water partition coefficient (Wildman–Crippen LogP) is 1.70. The number of aliphatic hydroxyl groups is 1. The average Bonchev–Trinajstić information content (AvgIpc) is 2.66. The second-order valence-electron chi connectivity index (χ2n) is 3.71. The van der Waals surface area contributed by atoms with Crippen LogP contribution in [0.3, 0.4) is 0 Å². The Labute approximate surface area is 95.1 Å². The van der Waals surface area contributed by atoms with Gasteiger partial charge in [0.25, 0.3) is 0 Å². The number of hydrogen-bond acceptors (Lipinski definition) is 5. The van der Waals surface area contributed by atoms with E-state index in [2.05, 4.69) is 35.0 Å². The third-order valence-corrected chi connectivity index (χ3v) is 2.99. The van der Waals surface area contributed by atoms with E-state index in [1.165, 1.54) is 11.5 Å². The molecule has 1 N–H and O–H groups in total. The minimum atomic E-state index is 0.225. The zero-order valence-electron chi connectivity index (χ0n) is 9.60. The van der Waals surface area contributed by atoms with E-state index >= 15 is 0 Å². The van der Waals surface area contributed by atoms with Crippen LogP contribution in [-0.2, 0) is 6.42 Å². The summed E-state index contributed by atoms with van der Waals surface area (Å²) in [6.07, 6.45) is 1.65. The maximum Gasteiger partial charge on any atom is 0.205 e. The molecule has 1 aromatic heterocycles. The summed E-state index contributed by atoms with van der Waals surface area (Å²) in [6, 6.07) is 0.397. The number of nitrogens with zero attached hydrogens (tertiary/aromatic N) is 3. The van der Waals surface area contributed by atoms with Crippen LogP contribution in [0.5, 0.6) is 0 Å². The molecule has 0 aliphatic heterocycles. The molecule has 1 heterocycles. The van der Waals surface area contributed by atoms with Crippen LogP contribution in [0.1, 0.15) is 33.0 Å². The first-order valence-corrected chi connectivity index (χ1v) is 6.16. The molecule has 0 amide bonds. The topological polar surface area (TPSA) is 49.2 Å². The minimum Gasteiger partial charge on any atom is -0.396 e. The van der Waals surface area contributed by atoms with Crippen LogP contribution in [0.15, 0.2) is 0 Å². The highest BCUT2D eigenvalue weighted by Gasteiger charge is 2.14. The first-order valence-electron chi connectivity index (χ1n) is 5.39. The number of aryl methyl sites for hydroxylation is 1. The highest BCUT2D eigenvalue weighted by atomic mass is 32.1. The first-order chi connectivity index (χ1) is 7.19. The molecule has 5 heteroatoms. The molecular formula is C10H19N3OS. The van der Waals surface area contributed by atoms with Crippen LogP contribution in [0.25, 0.3) is 0 Å². The van der Waals surface area contributed by atoms with Crippen LogP contribution >= 0.6 is 11.5 Å². The van der Waals surface area contributed by atoms with Crippen LogP contribution < -0.4 is 4.90 Å². The van der Waals surface area contributed by atoms with Gasteiger partial charge in [-0.2, -0.15) is 4.37 Å². The molecule has 0 spiro atoms. The van der Waals surface area contributed by atoms with Gasteiger partial charge in [0.1, 0.15) is 5.82 Å². The predicted molar refractivity (Wildman–Crippen MR) is 63.5 cm³/mol. The van der Waals surface area contributed by atoms with Crippen molar-refractivity contribution in [3.05, 3.63) is 5.82 Å². The molecule has 0 aliphatic rings. The van der Waals surface area contributed by atoms with Gasteiger partial charge in [-0.3, -0.25) is 0 Å². The average molecular weight is 229 g/mol. The zero-order valence-corrected chi connectivity index (χ0v) is 10.4. The van der Waals surface area contributed by atoms with Crippen LogP contribution in [-0.4, -0.2) is 33.7 Å². The number of hydrogen-bond donors (Lipinski definition) is 1. The Kier molecular flexibility index (Phi) is 4.98. The molecule has 0 unspecified atom stereocenters. The summed E-state index contributed by atoms with van der Waals surface area (Å²) in [5, 5.41) is 9.80. The van der Waals surface area contributed by atoms with E-state index in [0.717, 1.165) is 30.3 Å². The van der Waals surface area contributed by atoms with Crippen molar-refractivity contribution < 1.29 is 5.11 Å². The standard InChI is InChI=1S/C10H19N3OS/c1-4-9-11-10(15-12-9)13(8(2)3)6-5-7-14/h8,14H,4-7H2,1-3H3. The number of anilines is 1. The Balaban J connectivity index is 2.70. The summed E-state index contributed by atoms with van der Waals surface area (Å²) in [5.74, 6) is 0.907. The van der Waals surface area contributed by atoms with E-state index in [-0.39, 0.29) is 6.61 Å². The van der Waals surface area contributed by atoms with Gasteiger partial charge in [-0.25, -0.2) is 4.98 Å². The van der Waals surface area contributed by atoms with Gasteiger partial charge >= 0.3 is 0 Å². The number of aromatic nitrogens is 2. The third-order valence-electron chi connectivity index (χ3n) is 2.20. The minimum absolute atomic E-state index is 0.225. The van der Waals surface area contributed by atoms with Crippen molar-refractivity contribution in [1.82, 2.24) is 9.36 Å². The van der Waals surface area contributed by atoms with Gasteiger partial charge in [0.05, 0.1) is 0 Å². The van der Waals surface area contributed by atoms with Gasteiger partial charge in [0.2, 0.25) is 5.13 Å². The van der Waals surface area contributed by atoms with Crippen molar-refractivity contribution in [2.75, 3.05) is 18.1 Å². The van der Waals surface area contributed by atoms with Gasteiger partial charge in [-0.05, 0) is 20.3 Å². The van der Waals surface area contributed by atoms with Gasteiger partial charge in [0, 0.05) is 37.1 Å². The highest BCUT2D eigenvalue weighted by Crippen LogP contribution is 2.20. The second-order valence-corrected chi connectivity index (χ2v) is 4.44. The molecule has 15 heavy (non-hydrogen) atoms. The van der Waals surface area contributed by atoms with Crippen LogP contribution in [0.2, 0.25) is 0 Å². The zero-order chi connectivity index (χ0) is 11.3. The van der Waals surface area contributed by atoms with Gasteiger partial charge < -0.3 is 10.0 Å². The Morgan fingerprint density at radius 1 is 1.47 bits per heavy atom. The molecule has 0 saturated heterocycles. The molecule has 1 rings (SSSR count). The van der Waals surface area contributed by atoms with E-state index in [1.54, 1.807) is 0 Å². The fourth-order valence-electron chi connectivity index (χ4n) is 1.32. The summed E-state index contributed by atoms with van der Waals surface area (Å²) in [6.45, 7) is 7.38. The lowest BCUT2D eigenvalue weighted by atomic mass is 10.3. The summed E-state index contributed by atoms with van der Waals surface area (Å²) < 4.78 is 4.27. The maximum absolute atomic E-state index is 8.84. The molecule has 0 atom stereocenters. The van der Waals surface area contributed by atoms with Crippen molar-refractivity contribution in [3.63, 3.8) is 0 Å². The number of rotatable bonds is 6. The second kappa shape index (κ2) is 6.02. The van der Waals surface area contributed by atoms with E-state index in [9.17, 15) is 0 Å². The normalized spacial score (nSPS) is 11.0. The van der Waals surface area contributed by atoms with Gasteiger partial charge in [-0.15, -0.1) is 0 Å². The largest absolute Gasteiger partial charge is 0.396 e. The molecular weight excluding hydrogens is 210 g/mol. The summed E-state index contributed by atoms with van der Waals surface area (Å²) in [4.78, 5) is 6.64. The van der Waals surface area contributed by atoms with Gasteiger partial charge in [-0.1, -0.05) is 6.92 Å². The summed E-state index contributed by atoms with van der Waals surface area (Å²) in [7, 11) is 0. The lowest BCUT2D eigenvalue weighted by Crippen LogP contribution is -2.32. The Morgan fingerprint density at radius 3 is 2.67 bits per heavy atom. The Morgan fingerprint density at radius 2 is 2.20 bits per heavy atom. The molecule has 0 fully saturated rings. The monoisotopic (exact) mass is 229 g/mol. The summed E-state index contributed by atoms with van der Waals surface area (Å²) in [5.41, 5.74) is 0. The van der Waals surface area contributed by atoms with Gasteiger partial charge in [0.15, 0.2) is 0 Å². The molecule has 0 radical (unpaired) electrons. The fourth-order valence-corrected chi connectivity index (χ4v) is 2.23. The smallest absolute Gasteiger partial charge is 0.205 e. The molecule has 0 saturated carbocycles. The van der Waals surface area contributed by atoms with E-state index in [1.807, 2.05) is 0 Å². The maximum atomic E-state index is 8.84. The molecule has 86 valence electrons. The van der Waals surface area contributed by atoms with Crippen molar-refractivity contribution in [3.8, 4) is 0 Å². The Bertz CT molecular complexity index is 288. The van der Waals surface area contributed by atoms with Crippen molar-refractivity contribution >= 4 is 16.7 Å². The van der Waals surface area contributed by atoms with Crippen molar-refractivity contribution in [1.29, 1.82) is 0 Å². The lowest BCUT2D eigenvalue weighted by Gasteiger charge is -2.25. The molecule has 0 aliphatic carbocycles. The number of aliphatic hydroxyl groups excluding tert-OH is 1. The van der Waals surface area contributed by atoms with Crippen LogP contribution in [0.4, 0.5) is 5.13 Å². The van der Waals surface area contributed by atoms with E-state index in [4.69, 9.17) is 5.11 Å². The van der Waals surface area contributed by atoms with Crippen molar-refractivity contribution in [2.24, 2.45) is 0 Å². The van der Waals surface area contributed by atoms with Crippen LogP contribution in [0, 0.1) is 0 Å². The van der Waals surface area contributed by atoms with Crippen molar-refractivity contribution in [2.45, 2.75) is 39.7 Å². The quantitative estimate of drug-likeness (QED) is 0.806. The third kappa shape index (κ3) is 3.43.